The molecule has 0 N–H and O–H groups in total. The zero-order valence-corrected chi connectivity index (χ0v) is 21.5. The molecule has 1 atom stereocenters. The van der Waals surface area contributed by atoms with Crippen molar-refractivity contribution in [3.63, 3.8) is 0 Å². The molecule has 0 saturated carbocycles. The second-order valence-corrected chi connectivity index (χ2v) is 11.7. The van der Waals surface area contributed by atoms with Crippen molar-refractivity contribution in [1.82, 2.24) is 13.8 Å². The van der Waals surface area contributed by atoms with Crippen LogP contribution in [0.4, 0.5) is 4.39 Å². The van der Waals surface area contributed by atoms with E-state index < -0.39 is 15.8 Å². The Balaban J connectivity index is 1.12. The highest BCUT2D eigenvalue weighted by Crippen LogP contribution is 2.29. The Bertz CT molecular complexity index is 1440. The number of hydrogen-bond acceptors (Lipinski definition) is 6. The van der Waals surface area contributed by atoms with Gasteiger partial charge in [0.2, 0.25) is 15.9 Å². The Kier molecular flexibility index (Phi) is 7.09. The highest BCUT2D eigenvalue weighted by atomic mass is 32.2. The minimum Gasteiger partial charge on any atom is -0.494 e. The first kappa shape index (κ1) is 25.5. The predicted molar refractivity (Wildman–Crippen MR) is 134 cm³/mol. The van der Waals surface area contributed by atoms with Gasteiger partial charge in [0.05, 0.1) is 17.0 Å². The molecule has 9 nitrogen and oxygen atoms in total. The van der Waals surface area contributed by atoms with Gasteiger partial charge in [-0.3, -0.25) is 9.36 Å². The summed E-state index contributed by atoms with van der Waals surface area (Å²) in [5.41, 5.74) is 0.754. The first-order valence-corrected chi connectivity index (χ1v) is 13.9. The van der Waals surface area contributed by atoms with Gasteiger partial charge in [0.15, 0.2) is 5.58 Å². The van der Waals surface area contributed by atoms with Gasteiger partial charge < -0.3 is 14.1 Å². The van der Waals surface area contributed by atoms with Crippen LogP contribution in [0.5, 0.6) is 5.75 Å². The summed E-state index contributed by atoms with van der Waals surface area (Å²) in [4.78, 5) is 26.8. The number of sulfonamides is 1. The van der Waals surface area contributed by atoms with Gasteiger partial charge in [-0.25, -0.2) is 17.6 Å². The van der Waals surface area contributed by atoms with E-state index in [0.717, 1.165) is 12.8 Å². The van der Waals surface area contributed by atoms with Gasteiger partial charge in [-0.05, 0) is 68.0 Å². The average Bonchev–Trinajstić information content (AvgIpc) is 3.48. The van der Waals surface area contributed by atoms with Crippen LogP contribution in [0.15, 0.2) is 56.6 Å². The van der Waals surface area contributed by atoms with E-state index in [-0.39, 0.29) is 41.2 Å². The van der Waals surface area contributed by atoms with Crippen LogP contribution in [0, 0.1) is 17.7 Å². The van der Waals surface area contributed by atoms with E-state index in [2.05, 4.69) is 0 Å². The molecule has 2 aliphatic heterocycles. The number of rotatable bonds is 7. The SMILES string of the molecule is Cn1c(=O)oc2cc(S(=O)(=O)N3CCC(C(=O)N4CCC(CCOc5ccc(F)cc5)C4)CC3)ccc21. The lowest BCUT2D eigenvalue weighted by molar-refractivity contribution is -0.135. The van der Waals surface area contributed by atoms with Gasteiger partial charge in [0.1, 0.15) is 11.6 Å². The third-order valence-corrected chi connectivity index (χ3v) is 9.31. The maximum Gasteiger partial charge on any atom is 0.419 e. The molecule has 2 fully saturated rings. The number of oxazole rings is 1. The molecule has 0 bridgehead atoms. The highest BCUT2D eigenvalue weighted by Gasteiger charge is 2.36. The number of aromatic nitrogens is 1. The van der Waals surface area contributed by atoms with E-state index in [4.69, 9.17) is 9.15 Å². The number of likely N-dealkylation sites (tertiary alicyclic amines) is 1. The summed E-state index contributed by atoms with van der Waals surface area (Å²) < 4.78 is 52.9. The van der Waals surface area contributed by atoms with E-state index in [1.165, 1.54) is 33.1 Å². The van der Waals surface area contributed by atoms with Gasteiger partial charge in [-0.1, -0.05) is 0 Å². The molecule has 5 rings (SSSR count). The van der Waals surface area contributed by atoms with Crippen molar-refractivity contribution in [3.8, 4) is 5.75 Å². The number of ether oxygens (including phenoxy) is 1. The molecule has 0 radical (unpaired) electrons. The number of benzene rings is 2. The Morgan fingerprint density at radius 3 is 2.54 bits per heavy atom. The van der Waals surface area contributed by atoms with Crippen LogP contribution in [-0.4, -0.2) is 60.9 Å². The standard InChI is InChI=1S/C26H30FN3O6S/c1-28-23-7-6-22(16-24(23)36-26(28)32)37(33,34)30-13-9-19(10-14-30)25(31)29-12-8-18(17-29)11-15-35-21-4-2-20(27)3-5-21/h2-7,16,18-19H,8-15,17H2,1H3. The summed E-state index contributed by atoms with van der Waals surface area (Å²) in [6, 6.07) is 10.4. The molecule has 2 saturated heterocycles. The first-order chi connectivity index (χ1) is 17.7. The second-order valence-electron chi connectivity index (χ2n) is 9.76. The molecule has 1 amide bonds. The molecule has 3 aromatic rings. The van der Waals surface area contributed by atoms with E-state index in [0.29, 0.717) is 49.7 Å². The summed E-state index contributed by atoms with van der Waals surface area (Å²) in [6.07, 6.45) is 2.65. The Morgan fingerprint density at radius 1 is 1.08 bits per heavy atom. The summed E-state index contributed by atoms with van der Waals surface area (Å²) >= 11 is 0. The summed E-state index contributed by atoms with van der Waals surface area (Å²) in [7, 11) is -2.20. The minimum absolute atomic E-state index is 0.0735. The zero-order valence-electron chi connectivity index (χ0n) is 20.6. The number of nitrogens with zero attached hydrogens (tertiary/aromatic N) is 3. The topological polar surface area (TPSA) is 102 Å². The lowest BCUT2D eigenvalue weighted by Crippen LogP contribution is -2.43. The number of carbonyl (C=O) groups excluding carboxylic acids is 1. The van der Waals surface area contributed by atoms with Crippen LogP contribution in [0.25, 0.3) is 11.1 Å². The van der Waals surface area contributed by atoms with Crippen molar-refractivity contribution in [2.24, 2.45) is 18.9 Å². The number of hydrogen-bond donors (Lipinski definition) is 0. The molecular weight excluding hydrogens is 501 g/mol. The summed E-state index contributed by atoms with van der Waals surface area (Å²) in [5, 5.41) is 0. The third kappa shape index (κ3) is 5.28. The lowest BCUT2D eigenvalue weighted by atomic mass is 9.96. The molecule has 0 spiro atoms. The number of piperidine rings is 1. The molecule has 0 aliphatic carbocycles. The van der Waals surface area contributed by atoms with Crippen LogP contribution in [-0.2, 0) is 21.9 Å². The number of halogens is 1. The van der Waals surface area contributed by atoms with Crippen molar-refractivity contribution in [1.29, 1.82) is 0 Å². The van der Waals surface area contributed by atoms with Crippen molar-refractivity contribution in [2.45, 2.75) is 30.6 Å². The largest absolute Gasteiger partial charge is 0.494 e. The molecule has 1 unspecified atom stereocenters. The predicted octanol–water partition coefficient (Wildman–Crippen LogP) is 2.99. The molecular formula is C26H30FN3O6S. The van der Waals surface area contributed by atoms with E-state index >= 15 is 0 Å². The zero-order chi connectivity index (χ0) is 26.2. The summed E-state index contributed by atoms with van der Waals surface area (Å²) in [5.74, 6) is 0.0135. The molecule has 11 heteroatoms. The van der Waals surface area contributed by atoms with Crippen LogP contribution in [0.2, 0.25) is 0 Å². The first-order valence-electron chi connectivity index (χ1n) is 12.5. The number of carbonyl (C=O) groups is 1. The quantitative estimate of drug-likeness (QED) is 0.465. The number of aryl methyl sites for hydroxylation is 1. The minimum atomic E-state index is -3.77. The Hall–Kier alpha value is -3.18. The monoisotopic (exact) mass is 531 g/mol. The van der Waals surface area contributed by atoms with Crippen molar-refractivity contribution in [3.05, 3.63) is 58.8 Å². The second kappa shape index (κ2) is 10.3. The molecule has 37 heavy (non-hydrogen) atoms. The Morgan fingerprint density at radius 2 is 1.81 bits per heavy atom. The third-order valence-electron chi connectivity index (χ3n) is 7.41. The van der Waals surface area contributed by atoms with Crippen LogP contribution in [0.3, 0.4) is 0 Å². The normalized spacial score (nSPS) is 19.5. The van der Waals surface area contributed by atoms with Crippen LogP contribution in [0.1, 0.15) is 25.7 Å². The van der Waals surface area contributed by atoms with Gasteiger partial charge >= 0.3 is 5.76 Å². The molecule has 3 heterocycles. The summed E-state index contributed by atoms with van der Waals surface area (Å²) in [6.45, 7) is 2.40. The van der Waals surface area contributed by atoms with Crippen molar-refractivity contribution >= 4 is 27.0 Å². The average molecular weight is 532 g/mol. The number of amides is 1. The van der Waals surface area contributed by atoms with Crippen molar-refractivity contribution < 1.29 is 26.8 Å². The molecule has 198 valence electrons. The lowest BCUT2D eigenvalue weighted by Gasteiger charge is -2.32. The van der Waals surface area contributed by atoms with Gasteiger partial charge in [0.25, 0.3) is 0 Å². The molecule has 1 aromatic heterocycles. The van der Waals surface area contributed by atoms with E-state index in [9.17, 15) is 22.4 Å². The smallest absolute Gasteiger partial charge is 0.419 e. The van der Waals surface area contributed by atoms with Gasteiger partial charge in [0, 0.05) is 45.2 Å². The maximum absolute atomic E-state index is 13.2. The van der Waals surface area contributed by atoms with Crippen molar-refractivity contribution in [2.75, 3.05) is 32.8 Å². The highest BCUT2D eigenvalue weighted by molar-refractivity contribution is 7.89. The fraction of sp³-hybridized carbons (Fsp3) is 0.462. The fourth-order valence-corrected chi connectivity index (χ4v) is 6.65. The number of fused-ring (bicyclic) bond motifs is 1. The maximum atomic E-state index is 13.2. The fourth-order valence-electron chi connectivity index (χ4n) is 5.17. The van der Waals surface area contributed by atoms with E-state index in [1.54, 1.807) is 25.2 Å². The van der Waals surface area contributed by atoms with Crippen LogP contribution >= 0.6 is 0 Å². The molecule has 2 aromatic carbocycles. The van der Waals surface area contributed by atoms with Crippen LogP contribution < -0.4 is 10.5 Å². The van der Waals surface area contributed by atoms with Gasteiger partial charge in [-0.2, -0.15) is 4.31 Å². The van der Waals surface area contributed by atoms with Gasteiger partial charge in [-0.15, -0.1) is 0 Å². The Labute approximate surface area is 214 Å². The van der Waals surface area contributed by atoms with E-state index in [1.807, 2.05) is 4.90 Å². The molecule has 2 aliphatic rings.